The Hall–Kier alpha value is -2.71. The van der Waals surface area contributed by atoms with Gasteiger partial charge in [-0.2, -0.15) is 18.3 Å². The molecular formula is C12H9F3N4O2. The van der Waals surface area contributed by atoms with Crippen molar-refractivity contribution in [1.82, 2.24) is 9.78 Å². The van der Waals surface area contributed by atoms with Crippen LogP contribution in [0.2, 0.25) is 0 Å². The standard InChI is InChI=1S/C12H9F3N4O2/c13-12(14,15)6-3-17-19(4-6)9-2-8-10(1-7(9)16)21-5-11(20)18-8/h1-4H,5,16H2,(H,18,20). The smallest absolute Gasteiger partial charge is 0.419 e. The molecule has 1 aliphatic heterocycles. The molecule has 110 valence electrons. The SMILES string of the molecule is Nc1cc2c(cc1-n1cc(C(F)(F)F)cn1)NC(=O)CO2. The third-order valence-corrected chi connectivity index (χ3v) is 2.92. The molecule has 0 saturated heterocycles. The van der Waals surface area contributed by atoms with Gasteiger partial charge in [0.05, 0.1) is 28.8 Å². The Balaban J connectivity index is 2.04. The minimum atomic E-state index is -4.49. The lowest BCUT2D eigenvalue weighted by molar-refractivity contribution is -0.137. The zero-order chi connectivity index (χ0) is 15.2. The molecule has 0 fully saturated rings. The van der Waals surface area contributed by atoms with Crippen molar-refractivity contribution in [2.24, 2.45) is 0 Å². The lowest BCUT2D eigenvalue weighted by Crippen LogP contribution is -2.25. The number of fused-ring (bicyclic) bond motifs is 1. The molecule has 0 aliphatic carbocycles. The minimum absolute atomic E-state index is 0.133. The predicted octanol–water partition coefficient (Wildman–Crippen LogP) is 1.80. The molecule has 0 radical (unpaired) electrons. The van der Waals surface area contributed by atoms with Gasteiger partial charge in [-0.15, -0.1) is 0 Å². The molecule has 1 amide bonds. The highest BCUT2D eigenvalue weighted by Gasteiger charge is 2.32. The molecule has 0 saturated carbocycles. The van der Waals surface area contributed by atoms with Crippen LogP contribution in [0.1, 0.15) is 5.56 Å². The second kappa shape index (κ2) is 4.40. The van der Waals surface area contributed by atoms with Gasteiger partial charge in [-0.05, 0) is 6.07 Å². The lowest BCUT2D eigenvalue weighted by Gasteiger charge is -2.19. The van der Waals surface area contributed by atoms with Crippen LogP contribution in [0.3, 0.4) is 0 Å². The van der Waals surface area contributed by atoms with Gasteiger partial charge >= 0.3 is 6.18 Å². The lowest BCUT2D eigenvalue weighted by atomic mass is 10.2. The molecule has 9 heteroatoms. The summed E-state index contributed by atoms with van der Waals surface area (Å²) >= 11 is 0. The van der Waals surface area contributed by atoms with Crippen molar-refractivity contribution in [2.45, 2.75) is 6.18 Å². The summed E-state index contributed by atoms with van der Waals surface area (Å²) in [6.45, 7) is -0.133. The highest BCUT2D eigenvalue weighted by Crippen LogP contribution is 2.35. The molecule has 0 atom stereocenters. The quantitative estimate of drug-likeness (QED) is 0.787. The van der Waals surface area contributed by atoms with Crippen molar-refractivity contribution in [2.75, 3.05) is 17.7 Å². The highest BCUT2D eigenvalue weighted by atomic mass is 19.4. The van der Waals surface area contributed by atoms with Crippen LogP contribution in [0, 0.1) is 0 Å². The van der Waals surface area contributed by atoms with Crippen molar-refractivity contribution >= 4 is 17.3 Å². The molecule has 0 unspecified atom stereocenters. The predicted molar refractivity (Wildman–Crippen MR) is 67.1 cm³/mol. The van der Waals surface area contributed by atoms with Crippen LogP contribution in [0.4, 0.5) is 24.5 Å². The number of aromatic nitrogens is 2. The fourth-order valence-corrected chi connectivity index (χ4v) is 1.93. The van der Waals surface area contributed by atoms with Gasteiger partial charge in [-0.25, -0.2) is 4.68 Å². The van der Waals surface area contributed by atoms with E-state index in [0.717, 1.165) is 10.9 Å². The molecule has 1 aromatic heterocycles. The van der Waals surface area contributed by atoms with Crippen molar-refractivity contribution in [3.63, 3.8) is 0 Å². The van der Waals surface area contributed by atoms with E-state index in [1.54, 1.807) is 0 Å². The second-order valence-corrected chi connectivity index (χ2v) is 4.42. The molecule has 3 rings (SSSR count). The van der Waals surface area contributed by atoms with Crippen LogP contribution in [0.5, 0.6) is 5.75 Å². The summed E-state index contributed by atoms with van der Waals surface area (Å²) in [5.74, 6) is 0.00807. The molecule has 21 heavy (non-hydrogen) atoms. The van der Waals surface area contributed by atoms with Gasteiger partial charge in [0.15, 0.2) is 6.61 Å². The number of carbonyl (C=O) groups excluding carboxylic acids is 1. The van der Waals surface area contributed by atoms with Crippen molar-refractivity contribution < 1.29 is 22.7 Å². The Morgan fingerprint density at radius 1 is 1.38 bits per heavy atom. The monoisotopic (exact) mass is 298 g/mol. The van der Waals surface area contributed by atoms with Crippen LogP contribution in [-0.2, 0) is 11.0 Å². The summed E-state index contributed by atoms with van der Waals surface area (Å²) < 4.78 is 43.9. The number of rotatable bonds is 1. The first-order valence-corrected chi connectivity index (χ1v) is 5.83. The van der Waals surface area contributed by atoms with E-state index < -0.39 is 11.7 Å². The zero-order valence-electron chi connectivity index (χ0n) is 10.4. The normalized spacial score (nSPS) is 14.3. The zero-order valence-corrected chi connectivity index (χ0v) is 10.4. The number of nitrogens with zero attached hydrogens (tertiary/aromatic N) is 2. The number of nitrogen functional groups attached to an aromatic ring is 1. The summed E-state index contributed by atoms with van der Waals surface area (Å²) in [7, 11) is 0. The van der Waals surface area contributed by atoms with Gasteiger partial charge in [-0.1, -0.05) is 0 Å². The van der Waals surface area contributed by atoms with E-state index in [1.807, 2.05) is 0 Å². The number of amides is 1. The molecule has 1 aliphatic rings. The average Bonchev–Trinajstić information content (AvgIpc) is 2.88. The summed E-state index contributed by atoms with van der Waals surface area (Å²) in [4.78, 5) is 11.3. The first-order valence-electron chi connectivity index (χ1n) is 5.83. The van der Waals surface area contributed by atoms with Gasteiger partial charge < -0.3 is 15.8 Å². The van der Waals surface area contributed by atoms with Crippen molar-refractivity contribution in [3.05, 3.63) is 30.1 Å². The van der Waals surface area contributed by atoms with Crippen LogP contribution in [0.25, 0.3) is 5.69 Å². The summed E-state index contributed by atoms with van der Waals surface area (Å²) in [6, 6.07) is 2.84. The van der Waals surface area contributed by atoms with E-state index in [-0.39, 0.29) is 23.9 Å². The Kier molecular flexibility index (Phi) is 2.78. The van der Waals surface area contributed by atoms with Gasteiger partial charge in [0.1, 0.15) is 5.75 Å². The fourth-order valence-electron chi connectivity index (χ4n) is 1.93. The average molecular weight is 298 g/mol. The van der Waals surface area contributed by atoms with Crippen LogP contribution in [-0.4, -0.2) is 22.3 Å². The summed E-state index contributed by atoms with van der Waals surface area (Å²) in [6.07, 6.45) is -2.96. The molecule has 1 aromatic carbocycles. The van der Waals surface area contributed by atoms with Crippen LogP contribution >= 0.6 is 0 Å². The molecule has 3 N–H and O–H groups in total. The molecular weight excluding hydrogens is 289 g/mol. The maximum Gasteiger partial charge on any atom is 0.419 e. The van der Waals surface area contributed by atoms with E-state index >= 15 is 0 Å². The maximum atomic E-state index is 12.6. The van der Waals surface area contributed by atoms with Gasteiger partial charge in [0.25, 0.3) is 5.91 Å². The van der Waals surface area contributed by atoms with E-state index in [1.165, 1.54) is 12.1 Å². The van der Waals surface area contributed by atoms with Crippen molar-refractivity contribution in [3.8, 4) is 11.4 Å². The van der Waals surface area contributed by atoms with E-state index in [4.69, 9.17) is 10.5 Å². The van der Waals surface area contributed by atoms with Gasteiger partial charge in [0, 0.05) is 12.3 Å². The number of anilines is 2. The third kappa shape index (κ3) is 2.37. The Bertz CT molecular complexity index is 724. The maximum absolute atomic E-state index is 12.6. The second-order valence-electron chi connectivity index (χ2n) is 4.42. The highest BCUT2D eigenvalue weighted by molar-refractivity contribution is 5.96. The van der Waals surface area contributed by atoms with E-state index in [0.29, 0.717) is 17.6 Å². The first kappa shape index (κ1) is 13.3. The van der Waals surface area contributed by atoms with Crippen LogP contribution < -0.4 is 15.8 Å². The van der Waals surface area contributed by atoms with Gasteiger partial charge in [-0.3, -0.25) is 4.79 Å². The third-order valence-electron chi connectivity index (χ3n) is 2.92. The van der Waals surface area contributed by atoms with E-state index in [9.17, 15) is 18.0 Å². The Labute approximate surface area is 116 Å². The molecule has 0 bridgehead atoms. The number of benzene rings is 1. The Morgan fingerprint density at radius 3 is 2.81 bits per heavy atom. The minimum Gasteiger partial charge on any atom is -0.482 e. The Morgan fingerprint density at radius 2 is 2.14 bits per heavy atom. The number of alkyl halides is 3. The largest absolute Gasteiger partial charge is 0.482 e. The first-order chi connectivity index (χ1) is 9.84. The summed E-state index contributed by atoms with van der Waals surface area (Å²) in [5.41, 5.74) is 5.64. The molecule has 2 aromatic rings. The number of carbonyl (C=O) groups is 1. The number of hydrogen-bond acceptors (Lipinski definition) is 4. The van der Waals surface area contributed by atoms with Crippen molar-refractivity contribution in [1.29, 1.82) is 0 Å². The fraction of sp³-hybridized carbons (Fsp3) is 0.167. The van der Waals surface area contributed by atoms with E-state index in [2.05, 4.69) is 10.4 Å². The topological polar surface area (TPSA) is 82.2 Å². The number of hydrogen-bond donors (Lipinski definition) is 2. The number of nitrogens with one attached hydrogen (secondary N) is 1. The van der Waals surface area contributed by atoms with Gasteiger partial charge in [0.2, 0.25) is 0 Å². The molecule has 0 spiro atoms. The molecule has 2 heterocycles. The number of ether oxygens (including phenoxy) is 1. The number of nitrogens with two attached hydrogens (primary N) is 1. The number of halogens is 3. The van der Waals surface area contributed by atoms with Crippen LogP contribution in [0.15, 0.2) is 24.5 Å². The summed E-state index contributed by atoms with van der Waals surface area (Å²) in [5, 5.41) is 6.20. The molecule has 6 nitrogen and oxygen atoms in total.